The number of rotatable bonds is 4. The highest BCUT2D eigenvalue weighted by molar-refractivity contribution is 5.78. The minimum atomic E-state index is 0.294. The van der Waals surface area contributed by atoms with E-state index < -0.39 is 0 Å². The number of hydrogen-bond donors (Lipinski definition) is 1. The van der Waals surface area contributed by atoms with Crippen molar-refractivity contribution < 1.29 is 9.53 Å². The average molecular weight is 316 g/mol. The van der Waals surface area contributed by atoms with E-state index in [0.29, 0.717) is 36.8 Å². The third-order valence-corrected chi connectivity index (χ3v) is 5.52. The zero-order valence-corrected chi connectivity index (χ0v) is 14.3. The summed E-state index contributed by atoms with van der Waals surface area (Å²) in [6.45, 7) is 3.66. The number of carbonyl (C=O) groups is 1. The first-order chi connectivity index (χ1) is 11.1. The number of aryl methyl sites for hydroxylation is 1. The molecule has 1 aromatic rings. The van der Waals surface area contributed by atoms with Gasteiger partial charge in [0.2, 0.25) is 5.91 Å². The van der Waals surface area contributed by atoms with Gasteiger partial charge in [0.1, 0.15) is 5.75 Å². The number of methoxy groups -OCH3 is 1. The lowest BCUT2D eigenvalue weighted by Gasteiger charge is -2.29. The van der Waals surface area contributed by atoms with Crippen LogP contribution in [0, 0.1) is 5.92 Å². The molecule has 1 heterocycles. The Kier molecular flexibility index (Phi) is 4.90. The van der Waals surface area contributed by atoms with Gasteiger partial charge in [-0.3, -0.25) is 4.79 Å². The molecule has 2 N–H and O–H groups in total. The number of ether oxygens (including phenoxy) is 1. The Balaban J connectivity index is 1.71. The predicted molar refractivity (Wildman–Crippen MR) is 91.6 cm³/mol. The van der Waals surface area contributed by atoms with Gasteiger partial charge in [0.25, 0.3) is 0 Å². The average Bonchev–Trinajstić information content (AvgIpc) is 2.95. The number of nitrogens with zero attached hydrogens (tertiary/aromatic N) is 1. The zero-order chi connectivity index (χ0) is 16.4. The predicted octanol–water partition coefficient (Wildman–Crippen LogP) is 2.70. The third kappa shape index (κ3) is 3.37. The first kappa shape index (κ1) is 16.3. The van der Waals surface area contributed by atoms with Crippen molar-refractivity contribution in [2.45, 2.75) is 51.0 Å². The Bertz CT molecular complexity index is 572. The molecule has 4 nitrogen and oxygen atoms in total. The van der Waals surface area contributed by atoms with Gasteiger partial charge in [0.05, 0.1) is 7.11 Å². The Morgan fingerprint density at radius 3 is 2.96 bits per heavy atom. The molecule has 0 spiro atoms. The lowest BCUT2D eigenvalue weighted by atomic mass is 9.80. The molecule has 3 rings (SSSR count). The van der Waals surface area contributed by atoms with Gasteiger partial charge >= 0.3 is 0 Å². The summed E-state index contributed by atoms with van der Waals surface area (Å²) >= 11 is 0. The van der Waals surface area contributed by atoms with Crippen LogP contribution < -0.4 is 10.5 Å². The molecule has 1 aromatic carbocycles. The lowest BCUT2D eigenvalue weighted by Crippen LogP contribution is -2.35. The van der Waals surface area contributed by atoms with Crippen LogP contribution in [-0.2, 0) is 11.2 Å². The molecule has 4 heteroatoms. The molecule has 1 saturated heterocycles. The Labute approximate surface area is 139 Å². The first-order valence-corrected chi connectivity index (χ1v) is 8.78. The van der Waals surface area contributed by atoms with E-state index >= 15 is 0 Å². The van der Waals surface area contributed by atoms with Crippen LogP contribution in [0.25, 0.3) is 0 Å². The van der Waals surface area contributed by atoms with Crippen LogP contribution in [0.3, 0.4) is 0 Å². The number of amides is 1. The highest BCUT2D eigenvalue weighted by atomic mass is 16.5. The van der Waals surface area contributed by atoms with Crippen LogP contribution in [-0.4, -0.2) is 37.0 Å². The normalized spacial score (nSPS) is 26.9. The molecule has 1 amide bonds. The fourth-order valence-electron chi connectivity index (χ4n) is 4.22. The molecule has 1 aliphatic carbocycles. The maximum atomic E-state index is 12.8. The number of benzene rings is 1. The van der Waals surface area contributed by atoms with Crippen molar-refractivity contribution in [1.82, 2.24) is 4.90 Å². The summed E-state index contributed by atoms with van der Waals surface area (Å²) < 4.78 is 5.33. The number of fused-ring (bicyclic) bond motifs is 1. The third-order valence-electron chi connectivity index (χ3n) is 5.52. The van der Waals surface area contributed by atoms with Crippen LogP contribution in [0.15, 0.2) is 18.2 Å². The summed E-state index contributed by atoms with van der Waals surface area (Å²) in [5, 5.41) is 0. The van der Waals surface area contributed by atoms with Gasteiger partial charge in [-0.2, -0.15) is 0 Å². The number of nitrogens with two attached hydrogens (primary N) is 1. The molecule has 2 aliphatic rings. The Morgan fingerprint density at radius 1 is 1.43 bits per heavy atom. The second-order valence-electron chi connectivity index (χ2n) is 7.09. The van der Waals surface area contributed by atoms with E-state index in [1.165, 1.54) is 11.1 Å². The van der Waals surface area contributed by atoms with Crippen molar-refractivity contribution in [3.8, 4) is 5.75 Å². The first-order valence-electron chi connectivity index (χ1n) is 8.78. The summed E-state index contributed by atoms with van der Waals surface area (Å²) in [6.07, 6.45) is 5.01. The van der Waals surface area contributed by atoms with Crippen molar-refractivity contribution in [2.24, 2.45) is 11.7 Å². The highest BCUT2D eigenvalue weighted by Crippen LogP contribution is 2.37. The quantitative estimate of drug-likeness (QED) is 0.929. The molecule has 0 radical (unpaired) electrons. The summed E-state index contributed by atoms with van der Waals surface area (Å²) in [4.78, 5) is 14.8. The monoisotopic (exact) mass is 316 g/mol. The minimum Gasteiger partial charge on any atom is -0.497 e. The van der Waals surface area contributed by atoms with Gasteiger partial charge in [-0.25, -0.2) is 0 Å². The van der Waals surface area contributed by atoms with Crippen LogP contribution >= 0.6 is 0 Å². The van der Waals surface area contributed by atoms with E-state index in [1.54, 1.807) is 7.11 Å². The molecule has 0 bridgehead atoms. The maximum absolute atomic E-state index is 12.8. The van der Waals surface area contributed by atoms with Gasteiger partial charge in [0.15, 0.2) is 0 Å². The van der Waals surface area contributed by atoms with E-state index in [2.05, 4.69) is 24.0 Å². The smallest absolute Gasteiger partial charge is 0.223 e. The molecule has 3 unspecified atom stereocenters. The molecule has 126 valence electrons. The molecular weight excluding hydrogens is 288 g/mol. The van der Waals surface area contributed by atoms with Gasteiger partial charge in [0, 0.05) is 19.0 Å². The van der Waals surface area contributed by atoms with Crippen molar-refractivity contribution in [3.63, 3.8) is 0 Å². The second kappa shape index (κ2) is 6.91. The SMILES string of the molecule is COc1ccc2c(c1)CCCC2CC(=O)N1CC(CN)CC1C. The second-order valence-corrected chi connectivity index (χ2v) is 7.09. The Hall–Kier alpha value is -1.55. The van der Waals surface area contributed by atoms with Crippen molar-refractivity contribution >= 4 is 5.91 Å². The van der Waals surface area contributed by atoms with E-state index in [9.17, 15) is 4.79 Å². The van der Waals surface area contributed by atoms with Gasteiger partial charge in [-0.1, -0.05) is 6.07 Å². The molecule has 0 saturated carbocycles. The summed E-state index contributed by atoms with van der Waals surface area (Å²) in [7, 11) is 1.70. The highest BCUT2D eigenvalue weighted by Gasteiger charge is 2.33. The van der Waals surface area contributed by atoms with Gasteiger partial charge in [-0.15, -0.1) is 0 Å². The summed E-state index contributed by atoms with van der Waals surface area (Å²) in [5.41, 5.74) is 8.47. The molecule has 0 aromatic heterocycles. The molecule has 1 fully saturated rings. The minimum absolute atomic E-state index is 0.294. The van der Waals surface area contributed by atoms with Crippen LogP contribution in [0.5, 0.6) is 5.75 Å². The summed E-state index contributed by atoms with van der Waals surface area (Å²) in [5.74, 6) is 2.02. The fourth-order valence-corrected chi connectivity index (χ4v) is 4.22. The molecule has 3 atom stereocenters. The standard InChI is InChI=1S/C19H28N2O2/c1-13-8-14(11-20)12-21(13)19(22)10-16-5-3-4-15-9-17(23-2)6-7-18(15)16/h6-7,9,13-14,16H,3-5,8,10-12,20H2,1-2H3. The van der Waals surface area contributed by atoms with Crippen LogP contribution in [0.1, 0.15) is 49.7 Å². The number of carbonyl (C=O) groups excluding carboxylic acids is 1. The zero-order valence-electron chi connectivity index (χ0n) is 14.3. The summed E-state index contributed by atoms with van der Waals surface area (Å²) in [6, 6.07) is 6.64. The van der Waals surface area contributed by atoms with E-state index in [4.69, 9.17) is 10.5 Å². The van der Waals surface area contributed by atoms with Crippen LogP contribution in [0.4, 0.5) is 0 Å². The lowest BCUT2D eigenvalue weighted by molar-refractivity contribution is -0.132. The van der Waals surface area contributed by atoms with Crippen molar-refractivity contribution in [3.05, 3.63) is 29.3 Å². The van der Waals surface area contributed by atoms with Crippen molar-refractivity contribution in [2.75, 3.05) is 20.2 Å². The van der Waals surface area contributed by atoms with Gasteiger partial charge in [-0.05, 0) is 74.2 Å². The fraction of sp³-hybridized carbons (Fsp3) is 0.632. The van der Waals surface area contributed by atoms with Crippen molar-refractivity contribution in [1.29, 1.82) is 0 Å². The largest absolute Gasteiger partial charge is 0.497 e. The van der Waals surface area contributed by atoms with Crippen LogP contribution in [0.2, 0.25) is 0 Å². The number of likely N-dealkylation sites (tertiary alicyclic amines) is 1. The maximum Gasteiger partial charge on any atom is 0.223 e. The van der Waals surface area contributed by atoms with E-state index in [1.807, 2.05) is 6.07 Å². The van der Waals surface area contributed by atoms with E-state index in [0.717, 1.165) is 38.0 Å². The number of hydrogen-bond acceptors (Lipinski definition) is 3. The molecular formula is C19H28N2O2. The topological polar surface area (TPSA) is 55.6 Å². The van der Waals surface area contributed by atoms with Gasteiger partial charge < -0.3 is 15.4 Å². The van der Waals surface area contributed by atoms with E-state index in [-0.39, 0.29) is 0 Å². The molecule has 1 aliphatic heterocycles. The molecule has 23 heavy (non-hydrogen) atoms. The Morgan fingerprint density at radius 2 is 2.26 bits per heavy atom.